The Bertz CT molecular complexity index is 896. The molecule has 2 aromatic carbocycles. The quantitative estimate of drug-likeness (QED) is 0.783. The molecule has 1 amide bonds. The lowest BCUT2D eigenvalue weighted by Gasteiger charge is -2.24. The normalized spacial score (nSPS) is 16.7. The number of hydrogen-bond acceptors (Lipinski definition) is 3. The van der Waals surface area contributed by atoms with Gasteiger partial charge < -0.3 is 10.1 Å². The second kappa shape index (κ2) is 6.64. The average Bonchev–Trinajstić information content (AvgIpc) is 2.55. The first-order valence-electron chi connectivity index (χ1n) is 7.63. The molecule has 0 saturated carbocycles. The lowest BCUT2D eigenvalue weighted by Crippen LogP contribution is -2.38. The molecule has 4 nitrogen and oxygen atoms in total. The number of aryl methyl sites for hydroxylation is 1. The number of cyclic esters (lactones) is 1. The van der Waals surface area contributed by atoms with Gasteiger partial charge in [-0.05, 0) is 36.8 Å². The van der Waals surface area contributed by atoms with Gasteiger partial charge in [-0.25, -0.2) is 4.79 Å². The zero-order chi connectivity index (χ0) is 19.1. The summed E-state index contributed by atoms with van der Waals surface area (Å²) in [6.45, 7) is 1.84. The Balaban J connectivity index is 1.82. The van der Waals surface area contributed by atoms with Crippen molar-refractivity contribution in [1.29, 1.82) is 0 Å². The van der Waals surface area contributed by atoms with Gasteiger partial charge in [0.15, 0.2) is 6.10 Å². The van der Waals surface area contributed by atoms with Crippen LogP contribution in [0.5, 0.6) is 0 Å². The fraction of sp³-hybridized carbons (Fsp3) is 0.222. The van der Waals surface area contributed by atoms with Crippen molar-refractivity contribution in [2.75, 3.05) is 5.32 Å². The van der Waals surface area contributed by atoms with E-state index in [1.165, 1.54) is 0 Å². The fourth-order valence-corrected chi connectivity index (χ4v) is 2.85. The number of alkyl halides is 3. The summed E-state index contributed by atoms with van der Waals surface area (Å²) in [4.78, 5) is 24.4. The highest BCUT2D eigenvalue weighted by Crippen LogP contribution is 2.34. The lowest BCUT2D eigenvalue weighted by atomic mass is 9.96. The van der Waals surface area contributed by atoms with Crippen molar-refractivity contribution in [3.05, 3.63) is 63.7 Å². The number of ether oxygens (including phenoxy) is 1. The van der Waals surface area contributed by atoms with Crippen molar-refractivity contribution in [2.24, 2.45) is 0 Å². The molecule has 0 spiro atoms. The van der Waals surface area contributed by atoms with Gasteiger partial charge >= 0.3 is 12.1 Å². The van der Waals surface area contributed by atoms with Crippen LogP contribution in [0.2, 0.25) is 5.02 Å². The molecule has 0 saturated heterocycles. The van der Waals surface area contributed by atoms with Crippen LogP contribution in [0.15, 0.2) is 36.4 Å². The van der Waals surface area contributed by atoms with Crippen LogP contribution in [0.4, 0.5) is 18.9 Å². The lowest BCUT2D eigenvalue weighted by molar-refractivity contribution is -0.137. The molecule has 0 aromatic heterocycles. The number of fused-ring (bicyclic) bond motifs is 1. The van der Waals surface area contributed by atoms with Crippen molar-refractivity contribution >= 4 is 29.2 Å². The highest BCUT2D eigenvalue weighted by molar-refractivity contribution is 6.33. The molecule has 0 bridgehead atoms. The van der Waals surface area contributed by atoms with Crippen LogP contribution in [0.25, 0.3) is 0 Å². The third-order valence-electron chi connectivity index (χ3n) is 3.98. The minimum atomic E-state index is -4.57. The monoisotopic (exact) mass is 383 g/mol. The maximum Gasteiger partial charge on any atom is 0.416 e. The van der Waals surface area contributed by atoms with Gasteiger partial charge in [-0.1, -0.05) is 29.3 Å². The molecule has 0 radical (unpaired) electrons. The van der Waals surface area contributed by atoms with Crippen LogP contribution in [-0.2, 0) is 22.1 Å². The minimum Gasteiger partial charge on any atom is -0.448 e. The van der Waals surface area contributed by atoms with E-state index >= 15 is 0 Å². The van der Waals surface area contributed by atoms with Crippen molar-refractivity contribution in [3.63, 3.8) is 0 Å². The molecule has 3 rings (SSSR count). The van der Waals surface area contributed by atoms with Crippen LogP contribution in [0.1, 0.15) is 27.0 Å². The van der Waals surface area contributed by atoms with E-state index in [2.05, 4.69) is 5.32 Å². The highest BCUT2D eigenvalue weighted by atomic mass is 35.5. The molecule has 0 aliphatic carbocycles. The second-order valence-corrected chi connectivity index (χ2v) is 6.35. The SMILES string of the molecule is Cc1ccc2c(c1)CC(C(=O)Nc1cc(C(F)(F)F)ccc1Cl)OC2=O. The van der Waals surface area contributed by atoms with E-state index in [-0.39, 0.29) is 17.1 Å². The predicted molar refractivity (Wildman–Crippen MR) is 89.2 cm³/mol. The number of carbonyl (C=O) groups excluding carboxylic acids is 2. The van der Waals surface area contributed by atoms with E-state index in [0.29, 0.717) is 11.1 Å². The van der Waals surface area contributed by atoms with Crippen LogP contribution < -0.4 is 5.32 Å². The van der Waals surface area contributed by atoms with Gasteiger partial charge in [-0.3, -0.25) is 4.79 Å². The molecule has 1 N–H and O–H groups in total. The van der Waals surface area contributed by atoms with E-state index in [4.69, 9.17) is 16.3 Å². The summed E-state index contributed by atoms with van der Waals surface area (Å²) in [5.74, 6) is -1.40. The molecule has 1 heterocycles. The summed E-state index contributed by atoms with van der Waals surface area (Å²) in [5, 5.41) is 2.26. The minimum absolute atomic E-state index is 0.0512. The molecule has 136 valence electrons. The van der Waals surface area contributed by atoms with E-state index in [1.807, 2.05) is 6.92 Å². The highest BCUT2D eigenvalue weighted by Gasteiger charge is 2.33. The number of rotatable bonds is 2. The van der Waals surface area contributed by atoms with Crippen molar-refractivity contribution < 1.29 is 27.5 Å². The largest absolute Gasteiger partial charge is 0.448 e. The zero-order valence-corrected chi connectivity index (χ0v) is 14.2. The molecule has 2 aromatic rings. The van der Waals surface area contributed by atoms with Gasteiger partial charge in [0.1, 0.15) is 0 Å². The Morgan fingerprint density at radius 2 is 1.96 bits per heavy atom. The zero-order valence-electron chi connectivity index (χ0n) is 13.5. The number of esters is 1. The number of nitrogens with one attached hydrogen (secondary N) is 1. The number of anilines is 1. The summed E-state index contributed by atoms with van der Waals surface area (Å²) >= 11 is 5.87. The molecule has 1 aliphatic heterocycles. The number of carbonyl (C=O) groups is 2. The summed E-state index contributed by atoms with van der Waals surface area (Å²) in [6.07, 6.45) is -5.59. The summed E-state index contributed by atoms with van der Waals surface area (Å²) in [5.41, 5.74) is 0.795. The van der Waals surface area contributed by atoms with Gasteiger partial charge in [0.25, 0.3) is 5.91 Å². The Kier molecular flexibility index (Phi) is 4.66. The van der Waals surface area contributed by atoms with Gasteiger partial charge in [-0.2, -0.15) is 13.2 Å². The van der Waals surface area contributed by atoms with Gasteiger partial charge in [0.2, 0.25) is 0 Å². The van der Waals surface area contributed by atoms with Crippen molar-refractivity contribution in [3.8, 4) is 0 Å². The van der Waals surface area contributed by atoms with Gasteiger partial charge in [0.05, 0.1) is 21.8 Å². The van der Waals surface area contributed by atoms with E-state index in [1.54, 1.807) is 18.2 Å². The third kappa shape index (κ3) is 3.67. The topological polar surface area (TPSA) is 55.4 Å². The number of halogens is 4. The number of amides is 1. The number of benzene rings is 2. The van der Waals surface area contributed by atoms with E-state index < -0.39 is 29.7 Å². The maximum absolute atomic E-state index is 12.8. The van der Waals surface area contributed by atoms with Gasteiger partial charge in [-0.15, -0.1) is 0 Å². The summed E-state index contributed by atoms with van der Waals surface area (Å²) in [7, 11) is 0. The maximum atomic E-state index is 12.8. The Labute approximate surface area is 151 Å². The molecular weight excluding hydrogens is 371 g/mol. The van der Waals surface area contributed by atoms with Gasteiger partial charge in [0, 0.05) is 6.42 Å². The second-order valence-electron chi connectivity index (χ2n) is 5.94. The van der Waals surface area contributed by atoms with Crippen LogP contribution in [0.3, 0.4) is 0 Å². The van der Waals surface area contributed by atoms with Crippen LogP contribution in [-0.4, -0.2) is 18.0 Å². The third-order valence-corrected chi connectivity index (χ3v) is 4.31. The van der Waals surface area contributed by atoms with E-state index in [0.717, 1.165) is 23.8 Å². The molecule has 8 heteroatoms. The Morgan fingerprint density at radius 1 is 1.23 bits per heavy atom. The first-order chi connectivity index (χ1) is 12.1. The fourth-order valence-electron chi connectivity index (χ4n) is 2.68. The Morgan fingerprint density at radius 3 is 2.65 bits per heavy atom. The number of hydrogen-bond donors (Lipinski definition) is 1. The molecule has 1 atom stereocenters. The average molecular weight is 384 g/mol. The van der Waals surface area contributed by atoms with Crippen molar-refractivity contribution in [2.45, 2.75) is 25.6 Å². The van der Waals surface area contributed by atoms with E-state index in [9.17, 15) is 22.8 Å². The molecule has 26 heavy (non-hydrogen) atoms. The molecule has 0 fully saturated rings. The summed E-state index contributed by atoms with van der Waals surface area (Å²) < 4.78 is 43.6. The molecule has 1 aliphatic rings. The van der Waals surface area contributed by atoms with Crippen LogP contribution in [0, 0.1) is 6.92 Å². The Hall–Kier alpha value is -2.54. The van der Waals surface area contributed by atoms with Crippen LogP contribution >= 0.6 is 11.6 Å². The molecular formula is C18H13ClF3NO3. The summed E-state index contributed by atoms with van der Waals surface area (Å²) in [6, 6.07) is 7.74. The smallest absolute Gasteiger partial charge is 0.416 e. The standard InChI is InChI=1S/C18H13ClF3NO3/c1-9-2-4-12-10(6-9)7-15(26-17(12)25)16(24)23-14-8-11(18(20,21)22)3-5-13(14)19/h2-6,8,15H,7H2,1H3,(H,23,24). The predicted octanol–water partition coefficient (Wildman–Crippen LogP) is 4.39. The first kappa shape index (κ1) is 18.3. The first-order valence-corrected chi connectivity index (χ1v) is 8.01. The van der Waals surface area contributed by atoms with Crippen molar-refractivity contribution in [1.82, 2.24) is 0 Å². The molecule has 1 unspecified atom stereocenters.